The molecule has 2 rings (SSSR count). The number of anilines is 1. The summed E-state index contributed by atoms with van der Waals surface area (Å²) in [5.41, 5.74) is 0.540. The largest absolute Gasteiger partial charge is 0.465 e. The van der Waals surface area contributed by atoms with Crippen molar-refractivity contribution < 1.29 is 19.2 Å². The zero-order valence-electron chi connectivity index (χ0n) is 12.8. The molecule has 1 fully saturated rings. The summed E-state index contributed by atoms with van der Waals surface area (Å²) in [7, 11) is 1.21. The third kappa shape index (κ3) is 3.54. The highest BCUT2D eigenvalue weighted by Gasteiger charge is 2.25. The van der Waals surface area contributed by atoms with E-state index in [0.717, 1.165) is 31.6 Å². The maximum atomic E-state index is 11.7. The molecule has 0 bridgehead atoms. The average Bonchev–Trinajstić information content (AvgIpc) is 2.54. The first-order chi connectivity index (χ1) is 10.6. The topological polar surface area (TPSA) is 81.9 Å². The van der Waals surface area contributed by atoms with Gasteiger partial charge in [0.25, 0.3) is 5.69 Å². The van der Waals surface area contributed by atoms with Crippen LogP contribution in [0.2, 0.25) is 0 Å². The number of hydrogen-bond donors (Lipinski definition) is 0. The molecule has 0 aromatic heterocycles. The van der Waals surface area contributed by atoms with Gasteiger partial charge in [-0.15, -0.1) is 0 Å². The quantitative estimate of drug-likeness (QED) is 0.472. The molecule has 7 heteroatoms. The summed E-state index contributed by atoms with van der Waals surface area (Å²) in [5.74, 6) is -0.697. The fraction of sp³-hybridized carbons (Fsp3) is 0.533. The molecule has 1 saturated heterocycles. The van der Waals surface area contributed by atoms with E-state index >= 15 is 0 Å². The fourth-order valence-corrected chi connectivity index (χ4v) is 2.67. The molecule has 0 saturated carbocycles. The monoisotopic (exact) mass is 308 g/mol. The molecule has 0 spiro atoms. The molecule has 0 aliphatic carbocycles. The molecule has 0 amide bonds. The Balaban J connectivity index is 2.19. The van der Waals surface area contributed by atoms with Crippen LogP contribution in [0.1, 0.15) is 30.1 Å². The SMILES string of the molecule is CCOC1CCN(c2ccc([N+](=O)[O-])c(C(=O)OC)c2)CC1. The molecular weight excluding hydrogens is 288 g/mol. The minimum atomic E-state index is -0.697. The Morgan fingerprint density at radius 1 is 1.41 bits per heavy atom. The summed E-state index contributed by atoms with van der Waals surface area (Å²) < 4.78 is 10.2. The van der Waals surface area contributed by atoms with E-state index in [-0.39, 0.29) is 17.4 Å². The van der Waals surface area contributed by atoms with Crippen molar-refractivity contribution in [1.82, 2.24) is 0 Å². The molecule has 0 atom stereocenters. The normalized spacial score (nSPS) is 15.6. The second-order valence-corrected chi connectivity index (χ2v) is 5.09. The van der Waals surface area contributed by atoms with Crippen LogP contribution in [0.3, 0.4) is 0 Å². The van der Waals surface area contributed by atoms with Crippen molar-refractivity contribution in [3.05, 3.63) is 33.9 Å². The number of carbonyl (C=O) groups excluding carboxylic acids is 1. The summed E-state index contributed by atoms with van der Waals surface area (Å²) in [4.78, 5) is 24.3. The first-order valence-electron chi connectivity index (χ1n) is 7.30. The third-order valence-electron chi connectivity index (χ3n) is 3.79. The van der Waals surface area contributed by atoms with Crippen LogP contribution in [0, 0.1) is 10.1 Å². The van der Waals surface area contributed by atoms with Crippen LogP contribution in [-0.4, -0.2) is 43.8 Å². The van der Waals surface area contributed by atoms with Crippen LogP contribution in [0.25, 0.3) is 0 Å². The van der Waals surface area contributed by atoms with Crippen LogP contribution in [0.4, 0.5) is 11.4 Å². The minimum Gasteiger partial charge on any atom is -0.465 e. The highest BCUT2D eigenvalue weighted by Crippen LogP contribution is 2.28. The number of nitrogens with zero attached hydrogens (tertiary/aromatic N) is 2. The standard InChI is InChI=1S/C15H20N2O5/c1-3-22-12-6-8-16(9-7-12)11-4-5-14(17(19)20)13(10-11)15(18)21-2/h4-5,10,12H,3,6-9H2,1-2H3. The van der Waals surface area contributed by atoms with Crippen LogP contribution < -0.4 is 4.90 Å². The average molecular weight is 308 g/mol. The van der Waals surface area contributed by atoms with Crippen LogP contribution >= 0.6 is 0 Å². The number of esters is 1. The number of methoxy groups -OCH3 is 1. The lowest BCUT2D eigenvalue weighted by Crippen LogP contribution is -2.37. The maximum absolute atomic E-state index is 11.7. The lowest BCUT2D eigenvalue weighted by atomic mass is 10.1. The Kier molecular flexibility index (Phi) is 5.32. The molecule has 120 valence electrons. The number of carbonyl (C=O) groups is 1. The van der Waals surface area contributed by atoms with Gasteiger partial charge in [0.1, 0.15) is 5.56 Å². The molecule has 1 aliphatic heterocycles. The van der Waals surface area contributed by atoms with Crippen LogP contribution in [0.5, 0.6) is 0 Å². The van der Waals surface area contributed by atoms with Crippen molar-refractivity contribution in [2.75, 3.05) is 31.7 Å². The molecule has 1 heterocycles. The van der Waals surface area contributed by atoms with Gasteiger partial charge in [-0.1, -0.05) is 0 Å². The van der Waals surface area contributed by atoms with Crippen LogP contribution in [-0.2, 0) is 9.47 Å². The Labute approximate surface area is 129 Å². The molecule has 7 nitrogen and oxygen atoms in total. The highest BCUT2D eigenvalue weighted by molar-refractivity contribution is 5.95. The van der Waals surface area contributed by atoms with Gasteiger partial charge in [0.05, 0.1) is 18.1 Å². The number of nitro groups is 1. The second-order valence-electron chi connectivity index (χ2n) is 5.09. The minimum absolute atomic E-state index is 0.0167. The van der Waals surface area contributed by atoms with Crippen LogP contribution in [0.15, 0.2) is 18.2 Å². The molecule has 0 unspecified atom stereocenters. The lowest BCUT2D eigenvalue weighted by Gasteiger charge is -2.33. The van der Waals surface area contributed by atoms with Gasteiger partial charge in [0, 0.05) is 31.5 Å². The van der Waals surface area contributed by atoms with Crippen molar-refractivity contribution in [1.29, 1.82) is 0 Å². The summed E-state index contributed by atoms with van der Waals surface area (Å²) >= 11 is 0. The van der Waals surface area contributed by atoms with Gasteiger partial charge in [0.2, 0.25) is 0 Å². The molecule has 1 aliphatic rings. The second kappa shape index (κ2) is 7.22. The van der Waals surface area contributed by atoms with Crippen molar-refractivity contribution in [3.8, 4) is 0 Å². The van der Waals surface area contributed by atoms with E-state index in [9.17, 15) is 14.9 Å². The molecule has 1 aromatic carbocycles. The molecular formula is C15H20N2O5. The third-order valence-corrected chi connectivity index (χ3v) is 3.79. The molecule has 0 radical (unpaired) electrons. The Hall–Kier alpha value is -2.15. The van der Waals surface area contributed by atoms with Gasteiger partial charge in [-0.3, -0.25) is 10.1 Å². The van der Waals surface area contributed by atoms with Crippen molar-refractivity contribution in [2.24, 2.45) is 0 Å². The zero-order valence-corrected chi connectivity index (χ0v) is 12.8. The van der Waals surface area contributed by atoms with E-state index in [1.54, 1.807) is 6.07 Å². The number of rotatable bonds is 5. The van der Waals surface area contributed by atoms with Gasteiger partial charge >= 0.3 is 5.97 Å². The number of ether oxygens (including phenoxy) is 2. The number of nitro benzene ring substituents is 1. The maximum Gasteiger partial charge on any atom is 0.344 e. The van der Waals surface area contributed by atoms with Gasteiger partial charge in [0.15, 0.2) is 0 Å². The predicted molar refractivity (Wildman–Crippen MR) is 81.3 cm³/mol. The Morgan fingerprint density at radius 2 is 2.09 bits per heavy atom. The summed E-state index contributed by atoms with van der Waals surface area (Å²) in [6.45, 7) is 4.27. The van der Waals surface area contributed by atoms with E-state index < -0.39 is 10.9 Å². The van der Waals surface area contributed by atoms with E-state index in [1.165, 1.54) is 19.2 Å². The summed E-state index contributed by atoms with van der Waals surface area (Å²) in [6, 6.07) is 4.56. The van der Waals surface area contributed by atoms with Gasteiger partial charge in [-0.2, -0.15) is 0 Å². The van der Waals surface area contributed by atoms with Gasteiger partial charge in [-0.25, -0.2) is 4.79 Å². The Morgan fingerprint density at radius 3 is 2.64 bits per heavy atom. The summed E-state index contributed by atoms with van der Waals surface area (Å²) in [5, 5.41) is 11.0. The van der Waals surface area contributed by atoms with E-state index in [2.05, 4.69) is 9.64 Å². The highest BCUT2D eigenvalue weighted by atomic mass is 16.6. The van der Waals surface area contributed by atoms with Crippen molar-refractivity contribution in [3.63, 3.8) is 0 Å². The smallest absolute Gasteiger partial charge is 0.344 e. The fourth-order valence-electron chi connectivity index (χ4n) is 2.67. The summed E-state index contributed by atoms with van der Waals surface area (Å²) in [6.07, 6.45) is 2.07. The molecule has 1 aromatic rings. The predicted octanol–water partition coefficient (Wildman–Crippen LogP) is 2.39. The van der Waals surface area contributed by atoms with E-state index in [0.29, 0.717) is 6.61 Å². The first-order valence-corrected chi connectivity index (χ1v) is 7.30. The Bertz CT molecular complexity index is 553. The van der Waals surface area contributed by atoms with Crippen molar-refractivity contribution in [2.45, 2.75) is 25.9 Å². The lowest BCUT2D eigenvalue weighted by molar-refractivity contribution is -0.385. The first kappa shape index (κ1) is 16.2. The van der Waals surface area contributed by atoms with E-state index in [4.69, 9.17) is 4.74 Å². The molecule has 0 N–H and O–H groups in total. The van der Waals surface area contributed by atoms with Gasteiger partial charge < -0.3 is 14.4 Å². The number of hydrogen-bond acceptors (Lipinski definition) is 6. The van der Waals surface area contributed by atoms with Gasteiger partial charge in [-0.05, 0) is 31.9 Å². The number of piperidine rings is 1. The zero-order chi connectivity index (χ0) is 16.1. The molecule has 22 heavy (non-hydrogen) atoms. The number of benzene rings is 1. The van der Waals surface area contributed by atoms with E-state index in [1.807, 2.05) is 6.92 Å². The van der Waals surface area contributed by atoms with Crippen molar-refractivity contribution >= 4 is 17.3 Å².